The number of halogens is 1. The monoisotopic (exact) mass is 385 g/mol. The van der Waals surface area contributed by atoms with Crippen LogP contribution in [0, 0.1) is 5.92 Å². The van der Waals surface area contributed by atoms with Crippen LogP contribution in [0.5, 0.6) is 0 Å². The van der Waals surface area contributed by atoms with Crippen LogP contribution in [0.15, 0.2) is 23.9 Å². The van der Waals surface area contributed by atoms with Gasteiger partial charge in [-0.3, -0.25) is 4.90 Å². The Hall–Kier alpha value is -0.900. The fraction of sp³-hybridized carbons (Fsp3) is 0.750. The normalized spacial score (nSPS) is 24.8. The minimum atomic E-state index is -2.09. The molecule has 1 unspecified atom stereocenters. The summed E-state index contributed by atoms with van der Waals surface area (Å²) in [7, 11) is 0.935. The molecule has 0 radical (unpaired) electrons. The maximum atomic E-state index is 14.8. The van der Waals surface area contributed by atoms with Gasteiger partial charge in [-0.1, -0.05) is 25.8 Å². The van der Waals surface area contributed by atoms with Crippen LogP contribution in [0.4, 0.5) is 4.20 Å². The molecule has 0 aromatic carbocycles. The Balaban J connectivity index is 2.09. The van der Waals surface area contributed by atoms with Crippen molar-refractivity contribution < 1.29 is 13.7 Å². The maximum absolute atomic E-state index is 14.8. The van der Waals surface area contributed by atoms with Crippen molar-refractivity contribution in [2.75, 3.05) is 40.4 Å². The highest BCUT2D eigenvalue weighted by Crippen LogP contribution is 2.41. The summed E-state index contributed by atoms with van der Waals surface area (Å²) in [6.45, 7) is 11.8. The first-order valence-corrected chi connectivity index (χ1v) is 11.0. The first-order chi connectivity index (χ1) is 12.5. The molecule has 4 nitrogen and oxygen atoms in total. The molecule has 1 aliphatic carbocycles. The average molecular weight is 385 g/mol. The number of ether oxygens (including phenoxy) is 2. The van der Waals surface area contributed by atoms with E-state index >= 15 is 0 Å². The van der Waals surface area contributed by atoms with Crippen LogP contribution in [0.2, 0.25) is 0 Å². The van der Waals surface area contributed by atoms with Gasteiger partial charge in [-0.15, -0.1) is 0 Å². The first kappa shape index (κ1) is 21.4. The lowest BCUT2D eigenvalue weighted by molar-refractivity contribution is 0.0809. The number of allylic oxidation sites excluding steroid dienone is 1. The smallest absolute Gasteiger partial charge is 0.423 e. The zero-order chi connectivity index (χ0) is 19.1. The average Bonchev–Trinajstić information content (AvgIpc) is 2.67. The third-order valence-corrected chi connectivity index (χ3v) is 7.18. The number of nitrogens with zero attached hydrogens (tertiary/aromatic N) is 2. The van der Waals surface area contributed by atoms with Gasteiger partial charge in [0.05, 0.1) is 7.11 Å². The van der Waals surface area contributed by atoms with Crippen LogP contribution in [0.3, 0.4) is 0 Å². The Morgan fingerprint density at radius 3 is 2.42 bits per heavy atom. The highest BCUT2D eigenvalue weighted by atomic mass is 31.1. The predicted octanol–water partition coefficient (Wildman–Crippen LogP) is 4.74. The highest BCUT2D eigenvalue weighted by Gasteiger charge is 2.34. The lowest BCUT2D eigenvalue weighted by Crippen LogP contribution is -2.52. The summed E-state index contributed by atoms with van der Waals surface area (Å²) in [5, 5.41) is 0. The Morgan fingerprint density at radius 1 is 1.19 bits per heavy atom. The van der Waals surface area contributed by atoms with Gasteiger partial charge in [-0.25, -0.2) is 0 Å². The number of rotatable bonds is 7. The number of methoxy groups -OCH3 is 2. The molecule has 1 aliphatic heterocycles. The maximum Gasteiger partial charge on any atom is 0.423 e. The Bertz CT molecular complexity index is 544. The minimum absolute atomic E-state index is 0.349. The molecule has 2 fully saturated rings. The third kappa shape index (κ3) is 5.31. The van der Waals surface area contributed by atoms with Crippen LogP contribution in [0.1, 0.15) is 46.0 Å². The van der Waals surface area contributed by atoms with Crippen molar-refractivity contribution in [3.63, 3.8) is 0 Å². The molecule has 1 heterocycles. The third-order valence-electron chi connectivity index (χ3n) is 5.68. The van der Waals surface area contributed by atoms with Crippen molar-refractivity contribution in [2.24, 2.45) is 5.92 Å². The van der Waals surface area contributed by atoms with E-state index < -0.39 is 7.86 Å². The van der Waals surface area contributed by atoms with Crippen LogP contribution < -0.4 is 0 Å². The highest BCUT2D eigenvalue weighted by molar-refractivity contribution is 7.57. The summed E-state index contributed by atoms with van der Waals surface area (Å²) < 4.78 is 25.3. The van der Waals surface area contributed by atoms with Crippen molar-refractivity contribution in [3.8, 4) is 0 Å². The van der Waals surface area contributed by atoms with E-state index in [-0.39, 0.29) is 0 Å². The van der Waals surface area contributed by atoms with Gasteiger partial charge in [0.25, 0.3) is 5.48 Å². The number of hydrogen-bond donors (Lipinski definition) is 0. The molecule has 26 heavy (non-hydrogen) atoms. The number of hydrogen-bond acceptors (Lipinski definition) is 4. The molecule has 0 spiro atoms. The summed E-state index contributed by atoms with van der Waals surface area (Å²) in [6, 6.07) is 0.442. The molecule has 2 atom stereocenters. The van der Waals surface area contributed by atoms with E-state index in [4.69, 9.17) is 9.47 Å². The molecule has 2 rings (SSSR count). The Morgan fingerprint density at radius 2 is 1.88 bits per heavy atom. The van der Waals surface area contributed by atoms with Crippen molar-refractivity contribution in [1.29, 1.82) is 0 Å². The standard InChI is InChI=1S/C20H35FN2O2P/c1-6-19(20(25-5)26(21)17(3)24-4)23-13-12-22(16(2)14-23)15-18-10-8-7-9-11-18/h6,16,18H,1,7-15H2,2-5H3/q+1/b20-19+/t16-/m1/s1. The van der Waals surface area contributed by atoms with Crippen LogP contribution in [-0.2, 0) is 9.47 Å². The zero-order valence-corrected chi connectivity index (χ0v) is 17.7. The topological polar surface area (TPSA) is 24.9 Å². The molecular formula is C20H35FN2O2P+. The Kier molecular flexibility index (Phi) is 8.59. The lowest BCUT2D eigenvalue weighted by atomic mass is 9.88. The molecule has 0 aromatic rings. The van der Waals surface area contributed by atoms with Gasteiger partial charge in [0.15, 0.2) is 0 Å². The molecule has 0 aromatic heterocycles. The second kappa shape index (κ2) is 10.4. The molecule has 1 saturated carbocycles. The van der Waals surface area contributed by atoms with Crippen molar-refractivity contribution in [3.05, 3.63) is 23.9 Å². The Labute approximate surface area is 159 Å². The van der Waals surface area contributed by atoms with Gasteiger partial charge in [-0.2, -0.15) is 0 Å². The van der Waals surface area contributed by atoms with Crippen molar-refractivity contribution in [1.82, 2.24) is 9.80 Å². The molecule has 0 bridgehead atoms. The molecule has 6 heteroatoms. The molecular weight excluding hydrogens is 350 g/mol. The number of piperazine rings is 1. The largest absolute Gasteiger partial charge is 0.460 e. The van der Waals surface area contributed by atoms with E-state index in [1.54, 1.807) is 13.0 Å². The summed E-state index contributed by atoms with van der Waals surface area (Å²) in [5.74, 6) is 0.847. The molecule has 0 N–H and O–H groups in total. The van der Waals surface area contributed by atoms with E-state index in [1.807, 2.05) is 0 Å². The summed E-state index contributed by atoms with van der Waals surface area (Å²) >= 11 is 0. The molecule has 2 aliphatic rings. The predicted molar refractivity (Wildman–Crippen MR) is 109 cm³/mol. The fourth-order valence-electron chi connectivity index (χ4n) is 4.05. The molecule has 0 amide bonds. The van der Waals surface area contributed by atoms with E-state index in [0.717, 1.165) is 31.2 Å². The van der Waals surface area contributed by atoms with Crippen molar-refractivity contribution >= 4 is 13.3 Å². The van der Waals surface area contributed by atoms with Crippen LogP contribution in [0.25, 0.3) is 0 Å². The summed E-state index contributed by atoms with van der Waals surface area (Å²) in [6.07, 6.45) is 8.63. The summed E-state index contributed by atoms with van der Waals surface area (Å²) in [4.78, 5) is 4.82. The van der Waals surface area contributed by atoms with Gasteiger partial charge in [0, 0.05) is 50.5 Å². The summed E-state index contributed by atoms with van der Waals surface area (Å²) in [5.41, 5.74) is 1.48. The van der Waals surface area contributed by atoms with Gasteiger partial charge < -0.3 is 14.4 Å². The molecule has 148 valence electrons. The quantitative estimate of drug-likeness (QED) is 0.359. The second-order valence-corrected chi connectivity index (χ2v) is 8.99. The first-order valence-electron chi connectivity index (χ1n) is 9.74. The zero-order valence-electron chi connectivity index (χ0n) is 16.8. The minimum Gasteiger partial charge on any atom is -0.460 e. The van der Waals surface area contributed by atoms with E-state index in [9.17, 15) is 4.20 Å². The van der Waals surface area contributed by atoms with Gasteiger partial charge in [0.2, 0.25) is 0 Å². The van der Waals surface area contributed by atoms with E-state index in [2.05, 4.69) is 23.3 Å². The molecule has 1 saturated heterocycles. The van der Waals surface area contributed by atoms with Crippen molar-refractivity contribution in [2.45, 2.75) is 52.0 Å². The lowest BCUT2D eigenvalue weighted by Gasteiger charge is -2.42. The van der Waals surface area contributed by atoms with Gasteiger partial charge in [-0.05, 0) is 31.8 Å². The van der Waals surface area contributed by atoms with E-state index in [1.165, 1.54) is 52.9 Å². The fourth-order valence-corrected chi connectivity index (χ4v) is 5.09. The van der Waals surface area contributed by atoms with E-state index in [0.29, 0.717) is 17.0 Å². The second-order valence-electron chi connectivity index (χ2n) is 7.40. The van der Waals surface area contributed by atoms with Crippen LogP contribution in [-0.4, -0.2) is 61.7 Å². The SMILES string of the molecule is C=C/C(=C(OC)\[P+](F)=C(/C)OC)N1CCN(CC2CCCCC2)[C@H](C)C1. The van der Waals surface area contributed by atoms with Gasteiger partial charge in [0.1, 0.15) is 5.70 Å². The van der Waals surface area contributed by atoms with Gasteiger partial charge >= 0.3 is 13.4 Å². The van der Waals surface area contributed by atoms with Crippen LogP contribution >= 0.6 is 7.86 Å².